The smallest absolute Gasteiger partial charge is 0.363 e. The van der Waals surface area contributed by atoms with E-state index in [1.165, 1.54) is 12.0 Å². The third-order valence-corrected chi connectivity index (χ3v) is 7.44. The number of benzene rings is 2. The van der Waals surface area contributed by atoms with Crippen molar-refractivity contribution in [3.63, 3.8) is 0 Å². The molecule has 0 fully saturated rings. The van der Waals surface area contributed by atoms with Gasteiger partial charge in [-0.2, -0.15) is 0 Å². The van der Waals surface area contributed by atoms with Crippen LogP contribution in [-0.4, -0.2) is 44.0 Å². The molecule has 0 spiro atoms. The number of methoxy groups -OCH3 is 1. The highest BCUT2D eigenvalue weighted by molar-refractivity contribution is 7.62. The number of esters is 1. The maximum Gasteiger partial charge on any atom is 0.363 e. The molecule has 2 aromatic carbocycles. The van der Waals surface area contributed by atoms with E-state index >= 15 is 0 Å². The van der Waals surface area contributed by atoms with E-state index in [1.807, 2.05) is 12.1 Å². The summed E-state index contributed by atoms with van der Waals surface area (Å²) in [6, 6.07) is 12.2. The molecule has 1 amide bonds. The summed E-state index contributed by atoms with van der Waals surface area (Å²) >= 11 is 11.5. The van der Waals surface area contributed by atoms with E-state index in [1.54, 1.807) is 37.3 Å². The van der Waals surface area contributed by atoms with Crippen LogP contribution in [0.3, 0.4) is 0 Å². The molecule has 32 heavy (non-hydrogen) atoms. The number of nitrogens with zero attached hydrogens (tertiary/aromatic N) is 1. The average Bonchev–Trinajstić information content (AvgIpc) is 3.16. The van der Waals surface area contributed by atoms with Gasteiger partial charge in [-0.3, -0.25) is 14.2 Å². The molecular weight excluding hydrogens is 476 g/mol. The molecule has 0 saturated heterocycles. The standard InChI is InChI=1S/C22H24Cl2NO6P/c1-15(22(27)29-2)16-7-8-19(25-14-17-5-3-4-6-18(17)21(25)26)20(13-16)32(28,30-11-9-23)31-12-10-24/h3-8,13,15H,9-12,14H2,1-2H3. The van der Waals surface area contributed by atoms with E-state index in [-0.39, 0.29) is 36.2 Å². The quantitative estimate of drug-likeness (QED) is 0.272. The zero-order valence-corrected chi connectivity index (χ0v) is 20.2. The Morgan fingerprint density at radius 3 is 2.38 bits per heavy atom. The van der Waals surface area contributed by atoms with Crippen LogP contribution < -0.4 is 10.2 Å². The van der Waals surface area contributed by atoms with Crippen molar-refractivity contribution >= 4 is 53.7 Å². The molecule has 3 rings (SSSR count). The van der Waals surface area contributed by atoms with Crippen molar-refractivity contribution in [1.29, 1.82) is 0 Å². The van der Waals surface area contributed by atoms with Crippen molar-refractivity contribution in [2.24, 2.45) is 0 Å². The van der Waals surface area contributed by atoms with Crippen LogP contribution in [0.1, 0.15) is 34.3 Å². The fourth-order valence-corrected chi connectivity index (χ4v) is 5.67. The Morgan fingerprint density at radius 1 is 1.12 bits per heavy atom. The molecule has 1 aliphatic rings. The van der Waals surface area contributed by atoms with Gasteiger partial charge in [0.15, 0.2) is 0 Å². The topological polar surface area (TPSA) is 82.1 Å². The van der Waals surface area contributed by atoms with Crippen LogP contribution in [0.25, 0.3) is 0 Å². The predicted molar refractivity (Wildman–Crippen MR) is 124 cm³/mol. The van der Waals surface area contributed by atoms with Gasteiger partial charge in [0.05, 0.1) is 43.8 Å². The third kappa shape index (κ3) is 5.03. The maximum absolute atomic E-state index is 13.9. The minimum atomic E-state index is -3.94. The van der Waals surface area contributed by atoms with Crippen LogP contribution in [0.2, 0.25) is 0 Å². The monoisotopic (exact) mass is 499 g/mol. The van der Waals surface area contributed by atoms with Gasteiger partial charge < -0.3 is 18.7 Å². The van der Waals surface area contributed by atoms with Crippen LogP contribution in [0.4, 0.5) is 5.69 Å². The molecule has 2 aromatic rings. The summed E-state index contributed by atoms with van der Waals surface area (Å²) in [7, 11) is -2.64. The van der Waals surface area contributed by atoms with Crippen molar-refractivity contribution in [3.05, 3.63) is 59.2 Å². The van der Waals surface area contributed by atoms with Crippen LogP contribution in [0.5, 0.6) is 0 Å². The molecule has 0 aliphatic carbocycles. The molecule has 1 atom stereocenters. The first kappa shape index (κ1) is 24.7. The Balaban J connectivity index is 2.13. The van der Waals surface area contributed by atoms with Crippen LogP contribution in [0.15, 0.2) is 42.5 Å². The van der Waals surface area contributed by atoms with Crippen LogP contribution in [-0.2, 0) is 29.7 Å². The Morgan fingerprint density at radius 2 is 1.78 bits per heavy atom. The van der Waals surface area contributed by atoms with Crippen LogP contribution >= 0.6 is 30.8 Å². The Labute approximate surface area is 197 Å². The van der Waals surface area contributed by atoms with Gasteiger partial charge in [0, 0.05) is 17.3 Å². The molecule has 1 heterocycles. The molecule has 172 valence electrons. The molecule has 0 aromatic heterocycles. The van der Waals surface area contributed by atoms with Crippen molar-refractivity contribution in [2.45, 2.75) is 19.4 Å². The number of fused-ring (bicyclic) bond motifs is 1. The number of carbonyl (C=O) groups excluding carboxylic acids is 2. The summed E-state index contributed by atoms with van der Waals surface area (Å²) in [5, 5.41) is 0.169. The Bertz CT molecular complexity index is 1030. The molecule has 7 nitrogen and oxygen atoms in total. The molecule has 1 aliphatic heterocycles. The highest BCUT2D eigenvalue weighted by atomic mass is 35.5. The van der Waals surface area contributed by atoms with Gasteiger partial charge in [-0.05, 0) is 36.2 Å². The summed E-state index contributed by atoms with van der Waals surface area (Å²) in [6.07, 6.45) is 0. The zero-order valence-electron chi connectivity index (χ0n) is 17.8. The summed E-state index contributed by atoms with van der Waals surface area (Å²) in [4.78, 5) is 26.7. The summed E-state index contributed by atoms with van der Waals surface area (Å²) in [5.41, 5.74) is 2.35. The lowest BCUT2D eigenvalue weighted by molar-refractivity contribution is -0.142. The van der Waals surface area contributed by atoms with Gasteiger partial charge >= 0.3 is 13.6 Å². The SMILES string of the molecule is COC(=O)C(C)c1ccc(N2Cc3ccccc3C2=O)c(P(=O)(OCCCl)OCCCl)c1. The Hall–Kier alpha value is -1.89. The van der Waals surface area contributed by atoms with Gasteiger partial charge in [0.25, 0.3) is 5.91 Å². The number of amides is 1. The van der Waals surface area contributed by atoms with Gasteiger partial charge in [-0.1, -0.05) is 24.3 Å². The number of hydrogen-bond acceptors (Lipinski definition) is 6. The highest BCUT2D eigenvalue weighted by Gasteiger charge is 2.37. The molecule has 10 heteroatoms. The van der Waals surface area contributed by atoms with E-state index in [0.29, 0.717) is 23.4 Å². The number of ether oxygens (including phenoxy) is 1. The fraction of sp³-hybridized carbons (Fsp3) is 0.364. The summed E-state index contributed by atoms with van der Waals surface area (Å²) in [5.74, 6) is -1.12. The number of halogens is 2. The molecule has 0 saturated carbocycles. The summed E-state index contributed by atoms with van der Waals surface area (Å²) in [6.45, 7) is 1.90. The number of hydrogen-bond donors (Lipinski definition) is 0. The largest absolute Gasteiger partial charge is 0.469 e. The van der Waals surface area contributed by atoms with E-state index in [4.69, 9.17) is 37.0 Å². The second-order valence-corrected chi connectivity index (χ2v) is 9.83. The predicted octanol–water partition coefficient (Wildman–Crippen LogP) is 4.45. The minimum absolute atomic E-state index is 0.0362. The van der Waals surface area contributed by atoms with Gasteiger partial charge in [-0.25, -0.2) is 0 Å². The van der Waals surface area contributed by atoms with Gasteiger partial charge in [0.1, 0.15) is 0 Å². The normalized spacial score (nSPS) is 14.4. The van der Waals surface area contributed by atoms with Gasteiger partial charge in [0.2, 0.25) is 0 Å². The number of alkyl halides is 2. The average molecular weight is 500 g/mol. The first-order valence-electron chi connectivity index (χ1n) is 9.99. The second kappa shape index (κ2) is 10.8. The maximum atomic E-state index is 13.9. The number of rotatable bonds is 10. The van der Waals surface area contributed by atoms with Crippen molar-refractivity contribution in [1.82, 2.24) is 0 Å². The second-order valence-electron chi connectivity index (χ2n) is 7.08. The molecule has 0 bridgehead atoms. The van der Waals surface area contributed by atoms with Crippen molar-refractivity contribution < 1.29 is 27.9 Å². The van der Waals surface area contributed by atoms with Crippen LogP contribution in [0, 0.1) is 0 Å². The van der Waals surface area contributed by atoms with E-state index < -0.39 is 19.5 Å². The number of anilines is 1. The zero-order chi connectivity index (χ0) is 23.3. The molecule has 0 N–H and O–H groups in total. The fourth-order valence-electron chi connectivity index (χ4n) is 3.50. The Kier molecular flexibility index (Phi) is 8.37. The minimum Gasteiger partial charge on any atom is -0.469 e. The lowest BCUT2D eigenvalue weighted by atomic mass is 10.0. The van der Waals surface area contributed by atoms with Crippen molar-refractivity contribution in [3.8, 4) is 0 Å². The van der Waals surface area contributed by atoms with E-state index in [0.717, 1.165) is 5.56 Å². The first-order valence-corrected chi connectivity index (χ1v) is 12.6. The molecule has 1 unspecified atom stereocenters. The van der Waals surface area contributed by atoms with E-state index in [2.05, 4.69) is 0 Å². The van der Waals surface area contributed by atoms with Gasteiger partial charge in [-0.15, -0.1) is 23.2 Å². The summed E-state index contributed by atoms with van der Waals surface area (Å²) < 4.78 is 29.9. The molecular formula is C22H24Cl2NO6P. The third-order valence-electron chi connectivity index (χ3n) is 5.14. The first-order chi connectivity index (χ1) is 15.4. The lowest BCUT2D eigenvalue weighted by Crippen LogP contribution is -2.30. The highest BCUT2D eigenvalue weighted by Crippen LogP contribution is 2.50. The lowest BCUT2D eigenvalue weighted by Gasteiger charge is -2.26. The van der Waals surface area contributed by atoms with Crippen molar-refractivity contribution in [2.75, 3.05) is 37.0 Å². The molecule has 0 radical (unpaired) electrons. The number of carbonyl (C=O) groups is 2. The van der Waals surface area contributed by atoms with E-state index in [9.17, 15) is 14.2 Å².